The Balaban J connectivity index is 2.00. The predicted octanol–water partition coefficient (Wildman–Crippen LogP) is 6.93. The van der Waals surface area contributed by atoms with E-state index in [2.05, 4.69) is 4.98 Å². The molecule has 0 saturated carbocycles. The third kappa shape index (κ3) is 3.36. The van der Waals surface area contributed by atoms with E-state index in [-0.39, 0.29) is 0 Å². The van der Waals surface area contributed by atoms with Crippen LogP contribution in [0.25, 0.3) is 22.5 Å². The van der Waals surface area contributed by atoms with Crippen molar-refractivity contribution >= 4 is 0 Å². The Morgan fingerprint density at radius 2 is 1.41 bits per heavy atom. The summed E-state index contributed by atoms with van der Waals surface area (Å²) in [5.74, 6) is 0. The van der Waals surface area contributed by atoms with E-state index in [1.165, 1.54) is 24.3 Å². The van der Waals surface area contributed by atoms with Gasteiger partial charge in [-0.05, 0) is 37.3 Å². The Morgan fingerprint density at radius 3 is 1.94 bits per heavy atom. The topological polar surface area (TPSA) is 16.8 Å². The Hall–Kier alpha value is -2.90. The van der Waals surface area contributed by atoms with Crippen LogP contribution in [0, 0.1) is 6.92 Å². The second-order valence-corrected chi connectivity index (χ2v) is 8.02. The molecule has 2 aromatic carbocycles. The molecule has 0 spiro atoms. The maximum Gasteiger partial charge on any atom is 0.416 e. The highest BCUT2D eigenvalue weighted by Crippen LogP contribution is 2.46. The lowest BCUT2D eigenvalue weighted by atomic mass is 9.83. The van der Waals surface area contributed by atoms with Crippen molar-refractivity contribution in [1.82, 2.24) is 4.98 Å². The van der Waals surface area contributed by atoms with Crippen LogP contribution in [0.1, 0.15) is 49.1 Å². The molecular weight excluding hydrogens is 430 g/mol. The monoisotopic (exact) mass is 451 g/mol. The first-order chi connectivity index (χ1) is 14.9. The van der Waals surface area contributed by atoms with Gasteiger partial charge in [0.15, 0.2) is 11.7 Å². The summed E-state index contributed by atoms with van der Waals surface area (Å²) in [6.45, 7) is 5.60. The van der Waals surface area contributed by atoms with E-state index in [1.807, 2.05) is 24.6 Å². The maximum absolute atomic E-state index is 13.5. The number of benzene rings is 2. The average Bonchev–Trinajstić information content (AvgIpc) is 3.01. The molecule has 3 aromatic rings. The quantitative estimate of drug-likeness (QED) is 0.312. The number of aromatic nitrogens is 2. The molecule has 2 heterocycles. The van der Waals surface area contributed by atoms with E-state index in [0.29, 0.717) is 46.6 Å². The molecule has 168 valence electrons. The van der Waals surface area contributed by atoms with Crippen LogP contribution in [-0.4, -0.2) is 4.98 Å². The van der Waals surface area contributed by atoms with E-state index in [9.17, 15) is 26.3 Å². The first-order valence-electron chi connectivity index (χ1n) is 10.3. The first kappa shape index (κ1) is 22.3. The molecule has 0 radical (unpaired) electrons. The van der Waals surface area contributed by atoms with Crippen molar-refractivity contribution in [1.29, 1.82) is 0 Å². The molecule has 0 unspecified atom stereocenters. The fourth-order valence-corrected chi connectivity index (χ4v) is 4.65. The number of rotatable bonds is 3. The molecule has 0 atom stereocenters. The fourth-order valence-electron chi connectivity index (χ4n) is 4.65. The highest BCUT2D eigenvalue weighted by Gasteiger charge is 2.51. The molecule has 32 heavy (non-hydrogen) atoms. The van der Waals surface area contributed by atoms with Crippen molar-refractivity contribution in [3.8, 4) is 22.5 Å². The van der Waals surface area contributed by atoms with Crippen LogP contribution in [-0.2, 0) is 17.9 Å². The van der Waals surface area contributed by atoms with Crippen molar-refractivity contribution in [2.75, 3.05) is 0 Å². The molecule has 0 saturated heterocycles. The van der Waals surface area contributed by atoms with Gasteiger partial charge < -0.3 is 0 Å². The molecule has 2 nitrogen and oxygen atoms in total. The SMILES string of the molecule is CCC1(CC)c2cc(C(F)(F)F)ccc2-c2c(-c3ccc(C(F)(F)F)cc3)nc(C)c[n+]21. The molecule has 1 aliphatic rings. The lowest BCUT2D eigenvalue weighted by Crippen LogP contribution is -2.54. The van der Waals surface area contributed by atoms with Gasteiger partial charge in [0.05, 0.1) is 16.7 Å². The average molecular weight is 451 g/mol. The molecule has 0 aliphatic carbocycles. The van der Waals surface area contributed by atoms with Gasteiger partial charge in [0.2, 0.25) is 5.69 Å². The smallest absolute Gasteiger partial charge is 0.240 e. The van der Waals surface area contributed by atoms with Gasteiger partial charge in [-0.1, -0.05) is 26.0 Å². The number of alkyl halides is 6. The van der Waals surface area contributed by atoms with Crippen LogP contribution in [0.4, 0.5) is 26.3 Å². The van der Waals surface area contributed by atoms with Crippen molar-refractivity contribution < 1.29 is 30.9 Å². The number of hydrogen-bond donors (Lipinski definition) is 0. The van der Waals surface area contributed by atoms with Crippen LogP contribution in [0.15, 0.2) is 48.7 Å². The third-order valence-corrected chi connectivity index (χ3v) is 6.29. The van der Waals surface area contributed by atoms with Crippen molar-refractivity contribution in [2.45, 2.75) is 51.5 Å². The van der Waals surface area contributed by atoms with E-state index in [0.717, 1.165) is 18.2 Å². The standard InChI is InChI=1S/C24H21F6N2/c1-4-22(5-2)19-12-17(24(28,29)30)10-11-18(19)21-20(31-14(3)13-32(21)22)15-6-8-16(9-7-15)23(25,26)27/h6-13H,4-5H2,1-3H3/q+1. The fraction of sp³-hybridized carbons (Fsp3) is 0.333. The summed E-state index contributed by atoms with van der Waals surface area (Å²) < 4.78 is 81.4. The van der Waals surface area contributed by atoms with Crippen LogP contribution in [0.3, 0.4) is 0 Å². The zero-order valence-electron chi connectivity index (χ0n) is 17.7. The van der Waals surface area contributed by atoms with Gasteiger partial charge in [0, 0.05) is 24.0 Å². The number of nitrogens with zero attached hydrogens (tertiary/aromatic N) is 2. The van der Waals surface area contributed by atoms with Crippen LogP contribution >= 0.6 is 0 Å². The zero-order valence-corrected chi connectivity index (χ0v) is 17.7. The van der Waals surface area contributed by atoms with E-state index >= 15 is 0 Å². The zero-order chi connectivity index (χ0) is 23.5. The van der Waals surface area contributed by atoms with Crippen molar-refractivity contribution in [2.24, 2.45) is 0 Å². The second kappa shape index (κ2) is 7.32. The van der Waals surface area contributed by atoms with Gasteiger partial charge in [-0.3, -0.25) is 0 Å². The Bertz CT molecular complexity index is 1170. The molecule has 1 aliphatic heterocycles. The number of halogens is 6. The molecule has 8 heteroatoms. The van der Waals surface area contributed by atoms with Crippen LogP contribution in [0.2, 0.25) is 0 Å². The number of fused-ring (bicyclic) bond motifs is 3. The summed E-state index contributed by atoms with van der Waals surface area (Å²) in [6.07, 6.45) is -6.04. The number of hydrogen-bond acceptors (Lipinski definition) is 1. The van der Waals surface area contributed by atoms with Crippen LogP contribution in [0.5, 0.6) is 0 Å². The molecule has 0 amide bonds. The molecular formula is C24H21F6N2+. The summed E-state index contributed by atoms with van der Waals surface area (Å²) in [6, 6.07) is 8.38. The largest absolute Gasteiger partial charge is 0.416 e. The Kier molecular flexibility index (Phi) is 5.10. The molecule has 0 N–H and O–H groups in total. The summed E-state index contributed by atoms with van der Waals surface area (Å²) in [5, 5.41) is 0. The maximum atomic E-state index is 13.5. The summed E-state index contributed by atoms with van der Waals surface area (Å²) in [4.78, 5) is 4.59. The molecule has 1 aromatic heterocycles. The van der Waals surface area contributed by atoms with Gasteiger partial charge in [0.1, 0.15) is 11.4 Å². The van der Waals surface area contributed by atoms with E-state index in [4.69, 9.17) is 0 Å². The van der Waals surface area contributed by atoms with Crippen LogP contribution < -0.4 is 4.57 Å². The van der Waals surface area contributed by atoms with Gasteiger partial charge >= 0.3 is 12.4 Å². The highest BCUT2D eigenvalue weighted by atomic mass is 19.4. The van der Waals surface area contributed by atoms with E-state index in [1.54, 1.807) is 6.92 Å². The van der Waals surface area contributed by atoms with Gasteiger partial charge in [-0.25, -0.2) is 4.98 Å². The first-order valence-corrected chi connectivity index (χ1v) is 10.3. The molecule has 0 fully saturated rings. The minimum atomic E-state index is -4.48. The second-order valence-electron chi connectivity index (χ2n) is 8.02. The predicted molar refractivity (Wildman–Crippen MR) is 108 cm³/mol. The molecule has 0 bridgehead atoms. The molecule has 4 rings (SSSR count). The number of aryl methyl sites for hydroxylation is 1. The summed E-state index contributed by atoms with van der Waals surface area (Å²) >= 11 is 0. The minimum Gasteiger partial charge on any atom is -0.240 e. The highest BCUT2D eigenvalue weighted by molar-refractivity contribution is 5.80. The summed E-state index contributed by atoms with van der Waals surface area (Å²) in [5.41, 5.74) is 1.12. The van der Waals surface area contributed by atoms with Gasteiger partial charge in [-0.15, -0.1) is 0 Å². The Labute approximate surface area is 181 Å². The van der Waals surface area contributed by atoms with Gasteiger partial charge in [-0.2, -0.15) is 30.9 Å². The van der Waals surface area contributed by atoms with Gasteiger partial charge in [0.25, 0.3) is 0 Å². The lowest BCUT2D eigenvalue weighted by Gasteiger charge is -2.23. The van der Waals surface area contributed by atoms with Crippen molar-refractivity contribution in [3.63, 3.8) is 0 Å². The minimum absolute atomic E-state index is 0.448. The van der Waals surface area contributed by atoms with Crippen molar-refractivity contribution in [3.05, 3.63) is 71.0 Å². The summed E-state index contributed by atoms with van der Waals surface area (Å²) in [7, 11) is 0. The normalized spacial score (nSPS) is 14.9. The Morgan fingerprint density at radius 1 is 0.844 bits per heavy atom. The lowest BCUT2D eigenvalue weighted by molar-refractivity contribution is -0.740. The third-order valence-electron chi connectivity index (χ3n) is 6.29. The van der Waals surface area contributed by atoms with E-state index < -0.39 is 29.0 Å².